The number of aryl methyl sites for hydroxylation is 2. The summed E-state index contributed by atoms with van der Waals surface area (Å²) in [6.45, 7) is 3.91. The van der Waals surface area contributed by atoms with Gasteiger partial charge in [-0.1, -0.05) is 41.9 Å². The first-order valence-electron chi connectivity index (χ1n) is 8.94. The first-order valence-corrected chi connectivity index (χ1v) is 10.2. The molecule has 0 spiro atoms. The van der Waals surface area contributed by atoms with E-state index in [0.717, 1.165) is 22.1 Å². The standard InChI is InChI=1S/C23H16ClN3OS/c1-13-5-3-4-6-16(13)20-11-18(17-7-8-19(24)14(2)21(17)26-20)22(28)27-23-15(12-25)9-10-29-23/h3-11H,1-2H3,(H,27,28). The van der Waals surface area contributed by atoms with Gasteiger partial charge in [-0.05, 0) is 48.6 Å². The Hall–Kier alpha value is -3.20. The first kappa shape index (κ1) is 19.1. The largest absolute Gasteiger partial charge is 0.312 e. The Kier molecular flexibility index (Phi) is 5.06. The molecule has 4 aromatic rings. The predicted octanol–water partition coefficient (Wildman–Crippen LogP) is 6.36. The summed E-state index contributed by atoms with van der Waals surface area (Å²) in [5.41, 5.74) is 5.17. The van der Waals surface area contributed by atoms with E-state index in [2.05, 4.69) is 11.4 Å². The number of thiophene rings is 1. The Balaban J connectivity index is 1.92. The zero-order valence-corrected chi connectivity index (χ0v) is 17.4. The normalized spacial score (nSPS) is 10.7. The number of benzene rings is 2. The highest BCUT2D eigenvalue weighted by Crippen LogP contribution is 2.32. The maximum atomic E-state index is 13.2. The van der Waals surface area contributed by atoms with Crippen molar-refractivity contribution in [3.8, 4) is 17.3 Å². The Morgan fingerprint density at radius 2 is 1.97 bits per heavy atom. The smallest absolute Gasteiger partial charge is 0.257 e. The Labute approximate surface area is 177 Å². The van der Waals surface area contributed by atoms with Crippen molar-refractivity contribution in [2.75, 3.05) is 5.32 Å². The number of hydrogen-bond donors (Lipinski definition) is 1. The zero-order valence-electron chi connectivity index (χ0n) is 15.8. The molecular weight excluding hydrogens is 402 g/mol. The van der Waals surface area contributed by atoms with Gasteiger partial charge in [-0.15, -0.1) is 11.3 Å². The van der Waals surface area contributed by atoms with E-state index in [1.54, 1.807) is 23.6 Å². The third-order valence-corrected chi connectivity index (χ3v) is 6.09. The number of pyridine rings is 1. The van der Waals surface area contributed by atoms with Gasteiger partial charge < -0.3 is 5.32 Å². The van der Waals surface area contributed by atoms with E-state index >= 15 is 0 Å². The Bertz CT molecular complexity index is 1300. The van der Waals surface area contributed by atoms with Crippen LogP contribution in [0.4, 0.5) is 5.00 Å². The fraction of sp³-hybridized carbons (Fsp3) is 0.0870. The summed E-state index contributed by atoms with van der Waals surface area (Å²) in [6, 6.07) is 17.1. The van der Waals surface area contributed by atoms with Gasteiger partial charge in [0.05, 0.1) is 22.3 Å². The summed E-state index contributed by atoms with van der Waals surface area (Å²) in [5, 5.41) is 15.7. The van der Waals surface area contributed by atoms with Crippen molar-refractivity contribution in [1.82, 2.24) is 4.98 Å². The van der Waals surface area contributed by atoms with Crippen LogP contribution in [0.1, 0.15) is 27.0 Å². The number of hydrogen-bond acceptors (Lipinski definition) is 4. The minimum Gasteiger partial charge on any atom is -0.312 e. The third-order valence-electron chi connectivity index (χ3n) is 4.85. The number of amides is 1. The van der Waals surface area contributed by atoms with E-state index in [-0.39, 0.29) is 5.91 Å². The number of nitrogens with one attached hydrogen (secondary N) is 1. The molecule has 1 N–H and O–H groups in total. The SMILES string of the molecule is Cc1ccccc1-c1cc(C(=O)Nc2sccc2C#N)c2ccc(Cl)c(C)c2n1. The molecule has 6 heteroatoms. The lowest BCUT2D eigenvalue weighted by atomic mass is 9.99. The van der Waals surface area contributed by atoms with Gasteiger partial charge in [0.2, 0.25) is 0 Å². The summed E-state index contributed by atoms with van der Waals surface area (Å²) in [7, 11) is 0. The summed E-state index contributed by atoms with van der Waals surface area (Å²) in [6.07, 6.45) is 0. The summed E-state index contributed by atoms with van der Waals surface area (Å²) < 4.78 is 0. The van der Waals surface area contributed by atoms with Gasteiger partial charge in [-0.3, -0.25) is 4.79 Å². The number of carbonyl (C=O) groups is 1. The molecule has 4 nitrogen and oxygen atoms in total. The van der Waals surface area contributed by atoms with E-state index in [1.807, 2.05) is 44.2 Å². The molecule has 0 aliphatic rings. The molecule has 0 aliphatic carbocycles. The maximum Gasteiger partial charge on any atom is 0.257 e. The number of carbonyl (C=O) groups excluding carboxylic acids is 1. The molecule has 0 fully saturated rings. The van der Waals surface area contributed by atoms with Crippen LogP contribution in [-0.4, -0.2) is 10.9 Å². The molecule has 4 rings (SSSR count). The maximum absolute atomic E-state index is 13.2. The van der Waals surface area contributed by atoms with Gasteiger partial charge in [0.25, 0.3) is 5.91 Å². The van der Waals surface area contributed by atoms with Gasteiger partial charge in [-0.25, -0.2) is 4.98 Å². The average molecular weight is 418 g/mol. The highest BCUT2D eigenvalue weighted by Gasteiger charge is 2.18. The molecule has 0 saturated carbocycles. The van der Waals surface area contributed by atoms with E-state index in [0.29, 0.717) is 32.4 Å². The van der Waals surface area contributed by atoms with Crippen molar-refractivity contribution in [3.05, 3.63) is 81.2 Å². The van der Waals surface area contributed by atoms with Crippen LogP contribution in [0.2, 0.25) is 5.02 Å². The second kappa shape index (κ2) is 7.67. The van der Waals surface area contributed by atoms with E-state index in [1.165, 1.54) is 11.3 Å². The van der Waals surface area contributed by atoms with E-state index < -0.39 is 0 Å². The van der Waals surface area contributed by atoms with Gasteiger partial charge in [0, 0.05) is 16.0 Å². The molecule has 0 saturated heterocycles. The van der Waals surface area contributed by atoms with Gasteiger partial charge >= 0.3 is 0 Å². The van der Waals surface area contributed by atoms with Crippen LogP contribution in [0.5, 0.6) is 0 Å². The molecule has 0 atom stereocenters. The summed E-state index contributed by atoms with van der Waals surface area (Å²) >= 11 is 7.65. The predicted molar refractivity (Wildman–Crippen MR) is 119 cm³/mol. The third kappa shape index (κ3) is 3.49. The zero-order chi connectivity index (χ0) is 20.5. The molecule has 142 valence electrons. The highest BCUT2D eigenvalue weighted by molar-refractivity contribution is 7.14. The van der Waals surface area contributed by atoms with Crippen molar-refractivity contribution in [2.24, 2.45) is 0 Å². The van der Waals surface area contributed by atoms with Crippen molar-refractivity contribution in [1.29, 1.82) is 5.26 Å². The molecule has 1 amide bonds. The lowest BCUT2D eigenvalue weighted by Crippen LogP contribution is -2.13. The lowest BCUT2D eigenvalue weighted by molar-refractivity contribution is 0.102. The topological polar surface area (TPSA) is 65.8 Å². The second-order valence-electron chi connectivity index (χ2n) is 6.67. The molecular formula is C23H16ClN3OS. The van der Waals surface area contributed by atoms with Gasteiger partial charge in [0.1, 0.15) is 11.1 Å². The fourth-order valence-corrected chi connectivity index (χ4v) is 4.14. The number of rotatable bonds is 3. The molecule has 2 heterocycles. The number of halogens is 1. The molecule has 0 radical (unpaired) electrons. The lowest BCUT2D eigenvalue weighted by Gasteiger charge is -2.13. The molecule has 29 heavy (non-hydrogen) atoms. The molecule has 2 aromatic carbocycles. The number of fused-ring (bicyclic) bond motifs is 1. The monoisotopic (exact) mass is 417 g/mol. The van der Waals surface area contributed by atoms with Gasteiger partial charge in [0.15, 0.2) is 0 Å². The van der Waals surface area contributed by atoms with E-state index in [9.17, 15) is 10.1 Å². The Morgan fingerprint density at radius 1 is 1.17 bits per heavy atom. The van der Waals surface area contributed by atoms with Crippen molar-refractivity contribution in [3.63, 3.8) is 0 Å². The number of anilines is 1. The fourth-order valence-electron chi connectivity index (χ4n) is 3.25. The van der Waals surface area contributed by atoms with Crippen LogP contribution in [0.3, 0.4) is 0 Å². The number of aromatic nitrogens is 1. The number of nitrogens with zero attached hydrogens (tertiary/aromatic N) is 2. The van der Waals surface area contributed by atoms with Gasteiger partial charge in [-0.2, -0.15) is 5.26 Å². The second-order valence-corrected chi connectivity index (χ2v) is 7.99. The minimum atomic E-state index is -0.284. The van der Waals surface area contributed by atoms with Crippen LogP contribution in [0.15, 0.2) is 53.9 Å². The Morgan fingerprint density at radius 3 is 2.72 bits per heavy atom. The van der Waals surface area contributed by atoms with Crippen LogP contribution in [0.25, 0.3) is 22.2 Å². The van der Waals surface area contributed by atoms with Crippen molar-refractivity contribution < 1.29 is 4.79 Å². The van der Waals surface area contributed by atoms with E-state index in [4.69, 9.17) is 16.6 Å². The van der Waals surface area contributed by atoms with Crippen LogP contribution < -0.4 is 5.32 Å². The minimum absolute atomic E-state index is 0.284. The van der Waals surface area contributed by atoms with Crippen molar-refractivity contribution >= 4 is 44.7 Å². The van der Waals surface area contributed by atoms with Crippen LogP contribution >= 0.6 is 22.9 Å². The highest BCUT2D eigenvalue weighted by atomic mass is 35.5. The van der Waals surface area contributed by atoms with Crippen LogP contribution in [0, 0.1) is 25.2 Å². The average Bonchev–Trinajstić information content (AvgIpc) is 3.17. The quantitative estimate of drug-likeness (QED) is 0.422. The summed E-state index contributed by atoms with van der Waals surface area (Å²) in [5.74, 6) is -0.284. The molecule has 0 unspecified atom stereocenters. The van der Waals surface area contributed by atoms with Crippen LogP contribution in [-0.2, 0) is 0 Å². The molecule has 2 aromatic heterocycles. The van der Waals surface area contributed by atoms with Crippen molar-refractivity contribution in [2.45, 2.75) is 13.8 Å². The number of nitriles is 1. The molecule has 0 aliphatic heterocycles. The molecule has 0 bridgehead atoms. The summed E-state index contributed by atoms with van der Waals surface area (Å²) in [4.78, 5) is 18.0. The first-order chi connectivity index (χ1) is 14.0.